The van der Waals surface area contributed by atoms with Crippen LogP contribution in [0.4, 0.5) is 5.69 Å². The topological polar surface area (TPSA) is 40.5 Å². The average molecular weight is 219 g/mol. The van der Waals surface area contributed by atoms with Gasteiger partial charge in [0.05, 0.1) is 13.0 Å². The van der Waals surface area contributed by atoms with E-state index in [2.05, 4.69) is 0 Å². The van der Waals surface area contributed by atoms with Gasteiger partial charge in [0.2, 0.25) is 5.91 Å². The molecule has 0 bridgehead atoms. The smallest absolute Gasteiger partial charge is 0.231 e. The van der Waals surface area contributed by atoms with Gasteiger partial charge in [-0.15, -0.1) is 0 Å². The highest BCUT2D eigenvalue weighted by Crippen LogP contribution is 2.32. The van der Waals surface area contributed by atoms with Crippen molar-refractivity contribution >= 4 is 11.6 Å². The molecule has 0 unspecified atom stereocenters. The van der Waals surface area contributed by atoms with Crippen LogP contribution in [0.3, 0.4) is 0 Å². The summed E-state index contributed by atoms with van der Waals surface area (Å²) in [6.07, 6.45) is 0.492. The van der Waals surface area contributed by atoms with Crippen LogP contribution in [0.2, 0.25) is 0 Å². The first-order valence-electron chi connectivity index (χ1n) is 5.46. The van der Waals surface area contributed by atoms with Crippen LogP contribution in [0.1, 0.15) is 25.0 Å². The maximum atomic E-state index is 11.5. The minimum atomic E-state index is -0.262. The number of anilines is 1. The van der Waals surface area contributed by atoms with Crippen LogP contribution in [0.25, 0.3) is 0 Å². The van der Waals surface area contributed by atoms with Crippen molar-refractivity contribution in [3.05, 3.63) is 29.3 Å². The molecule has 3 nitrogen and oxygen atoms in total. The predicted octanol–water partition coefficient (Wildman–Crippen LogP) is 1.48. The third-order valence-corrected chi connectivity index (χ3v) is 3.34. The lowest BCUT2D eigenvalue weighted by Gasteiger charge is -2.23. The van der Waals surface area contributed by atoms with Gasteiger partial charge in [0.15, 0.2) is 0 Å². The Labute approximate surface area is 95.7 Å². The highest BCUT2D eigenvalue weighted by molar-refractivity contribution is 6.01. The Hall–Kier alpha value is -1.35. The molecular formula is C13H17NO2. The van der Waals surface area contributed by atoms with Crippen molar-refractivity contribution in [2.75, 3.05) is 18.6 Å². The van der Waals surface area contributed by atoms with Crippen LogP contribution in [-0.2, 0) is 16.6 Å². The number of amides is 1. The van der Waals surface area contributed by atoms with Gasteiger partial charge in [-0.1, -0.05) is 26.0 Å². The largest absolute Gasteiger partial charge is 0.395 e. The standard InChI is InChI=1S/C13H17NO2/c1-13(2,8-15)10-5-4-9-6-12(16)14(3)11(9)7-10/h4-5,7,15H,6,8H2,1-3H3. The summed E-state index contributed by atoms with van der Waals surface area (Å²) in [5.41, 5.74) is 2.85. The fraction of sp³-hybridized carbons (Fsp3) is 0.462. The Bertz CT molecular complexity index is 438. The lowest BCUT2D eigenvalue weighted by Crippen LogP contribution is -2.23. The van der Waals surface area contributed by atoms with Crippen LogP contribution in [-0.4, -0.2) is 24.7 Å². The minimum absolute atomic E-state index is 0.101. The molecule has 1 amide bonds. The fourth-order valence-electron chi connectivity index (χ4n) is 1.95. The highest BCUT2D eigenvalue weighted by Gasteiger charge is 2.27. The summed E-state index contributed by atoms with van der Waals surface area (Å²) in [5.74, 6) is 0.133. The van der Waals surface area contributed by atoms with Gasteiger partial charge in [0.25, 0.3) is 0 Å². The first-order chi connectivity index (χ1) is 7.45. The lowest BCUT2D eigenvalue weighted by molar-refractivity contribution is -0.117. The molecule has 2 rings (SSSR count). The molecule has 86 valence electrons. The lowest BCUT2D eigenvalue weighted by atomic mass is 9.85. The van der Waals surface area contributed by atoms with Crippen molar-refractivity contribution in [3.63, 3.8) is 0 Å². The third-order valence-electron chi connectivity index (χ3n) is 3.34. The van der Waals surface area contributed by atoms with Crippen LogP contribution in [0.15, 0.2) is 18.2 Å². The van der Waals surface area contributed by atoms with Gasteiger partial charge >= 0.3 is 0 Å². The number of benzene rings is 1. The predicted molar refractivity (Wildman–Crippen MR) is 63.7 cm³/mol. The molecule has 0 aliphatic carbocycles. The number of fused-ring (bicyclic) bond motifs is 1. The maximum absolute atomic E-state index is 11.5. The maximum Gasteiger partial charge on any atom is 0.231 e. The van der Waals surface area contributed by atoms with E-state index in [1.807, 2.05) is 32.0 Å². The van der Waals surface area contributed by atoms with E-state index < -0.39 is 0 Å². The normalized spacial score (nSPS) is 15.5. The molecule has 0 spiro atoms. The molecule has 1 N–H and O–H groups in total. The van der Waals surface area contributed by atoms with E-state index in [4.69, 9.17) is 0 Å². The molecule has 0 atom stereocenters. The summed E-state index contributed by atoms with van der Waals surface area (Å²) < 4.78 is 0. The monoisotopic (exact) mass is 219 g/mol. The Balaban J connectivity index is 2.45. The molecule has 1 aromatic rings. The van der Waals surface area contributed by atoms with Crippen molar-refractivity contribution in [1.29, 1.82) is 0 Å². The zero-order chi connectivity index (χ0) is 11.9. The first kappa shape index (κ1) is 11.1. The molecule has 0 fully saturated rings. The van der Waals surface area contributed by atoms with Gasteiger partial charge in [-0.2, -0.15) is 0 Å². The van der Waals surface area contributed by atoms with Gasteiger partial charge in [0, 0.05) is 18.2 Å². The van der Waals surface area contributed by atoms with E-state index >= 15 is 0 Å². The molecule has 3 heteroatoms. The molecule has 0 saturated carbocycles. The number of likely N-dealkylation sites (N-methyl/N-ethyl adjacent to an activating group) is 1. The first-order valence-corrected chi connectivity index (χ1v) is 5.46. The number of nitrogens with zero attached hydrogens (tertiary/aromatic N) is 1. The number of aliphatic hydroxyl groups excluding tert-OH is 1. The van der Waals surface area contributed by atoms with Crippen molar-refractivity contribution in [1.82, 2.24) is 0 Å². The average Bonchev–Trinajstić information content (AvgIpc) is 2.55. The number of hydrogen-bond donors (Lipinski definition) is 1. The summed E-state index contributed by atoms with van der Waals surface area (Å²) in [7, 11) is 1.80. The summed E-state index contributed by atoms with van der Waals surface area (Å²) >= 11 is 0. The zero-order valence-electron chi connectivity index (χ0n) is 9.95. The van der Waals surface area contributed by atoms with Crippen LogP contribution >= 0.6 is 0 Å². The van der Waals surface area contributed by atoms with E-state index in [0.29, 0.717) is 6.42 Å². The summed E-state index contributed by atoms with van der Waals surface area (Å²) in [4.78, 5) is 13.2. The number of rotatable bonds is 2. The number of aliphatic hydroxyl groups is 1. The molecule has 1 heterocycles. The Kier molecular flexibility index (Phi) is 2.50. The SMILES string of the molecule is CN1C(=O)Cc2ccc(C(C)(C)CO)cc21. The zero-order valence-corrected chi connectivity index (χ0v) is 9.95. The molecule has 1 aliphatic heterocycles. The Morgan fingerprint density at radius 3 is 2.75 bits per heavy atom. The Morgan fingerprint density at radius 1 is 1.44 bits per heavy atom. The highest BCUT2D eigenvalue weighted by atomic mass is 16.3. The number of carbonyl (C=O) groups excluding carboxylic acids is 1. The van der Waals surface area contributed by atoms with Crippen LogP contribution in [0, 0.1) is 0 Å². The summed E-state index contributed by atoms with van der Waals surface area (Å²) in [5, 5.41) is 9.33. The summed E-state index contributed by atoms with van der Waals surface area (Å²) in [6, 6.07) is 6.00. The second kappa shape index (κ2) is 3.59. The van der Waals surface area contributed by atoms with E-state index in [1.165, 1.54) is 0 Å². The van der Waals surface area contributed by atoms with Crippen LogP contribution in [0.5, 0.6) is 0 Å². The fourth-order valence-corrected chi connectivity index (χ4v) is 1.95. The molecule has 16 heavy (non-hydrogen) atoms. The molecule has 0 aromatic heterocycles. The van der Waals surface area contributed by atoms with Crippen molar-refractivity contribution in [2.24, 2.45) is 0 Å². The van der Waals surface area contributed by atoms with E-state index in [-0.39, 0.29) is 17.9 Å². The number of carbonyl (C=O) groups is 1. The third kappa shape index (κ3) is 1.61. The van der Waals surface area contributed by atoms with Gasteiger partial charge in [-0.05, 0) is 17.2 Å². The molecule has 1 aliphatic rings. The number of hydrogen-bond acceptors (Lipinski definition) is 2. The molecule has 0 saturated heterocycles. The van der Waals surface area contributed by atoms with Gasteiger partial charge in [0.1, 0.15) is 0 Å². The molecule has 1 aromatic carbocycles. The van der Waals surface area contributed by atoms with Crippen molar-refractivity contribution in [3.8, 4) is 0 Å². The van der Waals surface area contributed by atoms with E-state index in [1.54, 1.807) is 11.9 Å². The minimum Gasteiger partial charge on any atom is -0.395 e. The quantitative estimate of drug-likeness (QED) is 0.818. The molecular weight excluding hydrogens is 202 g/mol. The van der Waals surface area contributed by atoms with Gasteiger partial charge in [-0.3, -0.25) is 4.79 Å². The van der Waals surface area contributed by atoms with Crippen LogP contribution < -0.4 is 4.90 Å². The Morgan fingerprint density at radius 2 is 2.12 bits per heavy atom. The second-order valence-electron chi connectivity index (χ2n) is 5.02. The van der Waals surface area contributed by atoms with Gasteiger partial charge < -0.3 is 10.0 Å². The summed E-state index contributed by atoms with van der Waals surface area (Å²) in [6.45, 7) is 4.08. The van der Waals surface area contributed by atoms with Crippen molar-refractivity contribution in [2.45, 2.75) is 25.7 Å². The molecule has 0 radical (unpaired) electrons. The van der Waals surface area contributed by atoms with Gasteiger partial charge in [-0.25, -0.2) is 0 Å². The van der Waals surface area contributed by atoms with E-state index in [9.17, 15) is 9.90 Å². The van der Waals surface area contributed by atoms with E-state index in [0.717, 1.165) is 16.8 Å². The van der Waals surface area contributed by atoms with Crippen molar-refractivity contribution < 1.29 is 9.90 Å². The second-order valence-corrected chi connectivity index (χ2v) is 5.02.